The van der Waals surface area contributed by atoms with Crippen molar-refractivity contribution in [2.45, 2.75) is 77.5 Å². The first-order valence-electron chi connectivity index (χ1n) is 7.77. The number of aliphatic hydroxyl groups is 1. The van der Waals surface area contributed by atoms with Crippen LogP contribution in [0.15, 0.2) is 11.8 Å². The van der Waals surface area contributed by atoms with E-state index in [9.17, 15) is 9.90 Å². The zero-order valence-corrected chi connectivity index (χ0v) is 15.9. The van der Waals surface area contributed by atoms with Crippen molar-refractivity contribution in [1.29, 1.82) is 0 Å². The highest BCUT2D eigenvalue weighted by molar-refractivity contribution is 6.74. The van der Waals surface area contributed by atoms with Gasteiger partial charge >= 0.3 is 5.97 Å². The van der Waals surface area contributed by atoms with E-state index in [1.54, 1.807) is 13.8 Å². The summed E-state index contributed by atoms with van der Waals surface area (Å²) in [6.45, 7) is 14.8. The summed E-state index contributed by atoms with van der Waals surface area (Å²) in [6.07, 6.45) is 1.50. The average Bonchev–Trinajstić information content (AvgIpc) is 2.23. The number of esters is 1. The van der Waals surface area contributed by atoms with E-state index >= 15 is 0 Å². The molecule has 0 saturated heterocycles. The quantitative estimate of drug-likeness (QED) is 0.598. The lowest BCUT2D eigenvalue weighted by atomic mass is 10.1. The number of cyclic esters (lactones) is 1. The lowest BCUT2D eigenvalue weighted by Crippen LogP contribution is -2.41. The van der Waals surface area contributed by atoms with Gasteiger partial charge in [-0.3, -0.25) is 0 Å². The first kappa shape index (κ1) is 19.2. The molecule has 22 heavy (non-hydrogen) atoms. The summed E-state index contributed by atoms with van der Waals surface area (Å²) in [5, 5.41) is 10.3. The Morgan fingerprint density at radius 3 is 2.41 bits per heavy atom. The van der Waals surface area contributed by atoms with Gasteiger partial charge in [-0.05, 0) is 24.6 Å². The third-order valence-corrected chi connectivity index (χ3v) is 8.70. The molecule has 0 aromatic heterocycles. The van der Waals surface area contributed by atoms with Gasteiger partial charge in [0.05, 0.1) is 12.2 Å². The third kappa shape index (κ3) is 5.74. The fraction of sp³-hybridized carbons (Fsp3) is 0.812. The normalized spacial score (nSPS) is 20.0. The topological polar surface area (TPSA) is 65.0 Å². The van der Waals surface area contributed by atoms with Gasteiger partial charge in [-0.15, -0.1) is 0 Å². The van der Waals surface area contributed by atoms with Gasteiger partial charge in [0.15, 0.2) is 8.32 Å². The van der Waals surface area contributed by atoms with Gasteiger partial charge in [0.1, 0.15) is 5.76 Å². The molecule has 1 aliphatic rings. The minimum atomic E-state index is -1.79. The Kier molecular flexibility index (Phi) is 5.86. The lowest BCUT2D eigenvalue weighted by molar-refractivity contribution is -0.206. The first-order chi connectivity index (χ1) is 9.82. The second-order valence-electron chi connectivity index (χ2n) is 7.79. The van der Waals surface area contributed by atoms with E-state index < -0.39 is 26.2 Å². The van der Waals surface area contributed by atoms with Crippen molar-refractivity contribution in [3.8, 4) is 0 Å². The van der Waals surface area contributed by atoms with Gasteiger partial charge in [-0.1, -0.05) is 20.8 Å². The Morgan fingerprint density at radius 2 is 1.91 bits per heavy atom. The van der Waals surface area contributed by atoms with Crippen molar-refractivity contribution in [2.24, 2.45) is 0 Å². The fourth-order valence-electron chi connectivity index (χ4n) is 1.87. The van der Waals surface area contributed by atoms with Crippen LogP contribution in [-0.4, -0.2) is 37.9 Å². The Labute approximate surface area is 134 Å². The standard InChI is InChI=1S/C16H30O5Si/c1-15(2,3)22(6,7)19-9-8-12(17)10-13-11-14(18)21-16(4,5)20-13/h11-12,17H,8-10H2,1-7H3/t12-/m0/s1. The molecule has 0 saturated carbocycles. The smallest absolute Gasteiger partial charge is 0.337 e. The van der Waals surface area contributed by atoms with E-state index in [1.165, 1.54) is 6.08 Å². The van der Waals surface area contributed by atoms with Crippen LogP contribution in [0.3, 0.4) is 0 Å². The van der Waals surface area contributed by atoms with E-state index in [0.29, 0.717) is 25.2 Å². The van der Waals surface area contributed by atoms with E-state index in [2.05, 4.69) is 33.9 Å². The molecule has 6 heteroatoms. The maximum Gasteiger partial charge on any atom is 0.337 e. The van der Waals surface area contributed by atoms with Crippen LogP contribution in [0.5, 0.6) is 0 Å². The van der Waals surface area contributed by atoms with Crippen LogP contribution in [0.4, 0.5) is 0 Å². The Balaban J connectivity index is 2.45. The minimum Gasteiger partial charge on any atom is -0.457 e. The molecule has 0 fully saturated rings. The molecule has 128 valence electrons. The van der Waals surface area contributed by atoms with Crippen molar-refractivity contribution in [2.75, 3.05) is 6.61 Å². The zero-order valence-electron chi connectivity index (χ0n) is 14.9. The molecule has 0 amide bonds. The fourth-order valence-corrected chi connectivity index (χ4v) is 2.93. The average molecular weight is 330 g/mol. The highest BCUT2D eigenvalue weighted by Gasteiger charge is 2.37. The molecule has 1 N–H and O–H groups in total. The summed E-state index contributed by atoms with van der Waals surface area (Å²) in [4.78, 5) is 11.4. The summed E-state index contributed by atoms with van der Waals surface area (Å²) < 4.78 is 16.6. The molecule has 1 aliphatic heterocycles. The van der Waals surface area contributed by atoms with Crippen molar-refractivity contribution in [3.63, 3.8) is 0 Å². The Morgan fingerprint density at radius 1 is 1.32 bits per heavy atom. The lowest BCUT2D eigenvalue weighted by Gasteiger charge is -2.36. The molecular weight excluding hydrogens is 300 g/mol. The van der Waals surface area contributed by atoms with E-state index in [1.807, 2.05) is 0 Å². The van der Waals surface area contributed by atoms with Crippen LogP contribution in [0.2, 0.25) is 18.1 Å². The third-order valence-electron chi connectivity index (χ3n) is 4.16. The Hall–Kier alpha value is -0.853. The molecule has 5 nitrogen and oxygen atoms in total. The predicted octanol–water partition coefficient (Wildman–Crippen LogP) is 3.34. The molecule has 0 spiro atoms. The van der Waals surface area contributed by atoms with E-state index in [0.717, 1.165) is 0 Å². The first-order valence-corrected chi connectivity index (χ1v) is 10.7. The van der Waals surface area contributed by atoms with Gasteiger partial charge in [0.2, 0.25) is 5.79 Å². The molecule has 0 radical (unpaired) electrons. The van der Waals surface area contributed by atoms with Gasteiger partial charge < -0.3 is 19.0 Å². The minimum absolute atomic E-state index is 0.154. The maximum atomic E-state index is 11.4. The molecular formula is C16H30O5Si. The highest BCUT2D eigenvalue weighted by atomic mass is 28.4. The number of ether oxygens (including phenoxy) is 2. The largest absolute Gasteiger partial charge is 0.457 e. The highest BCUT2D eigenvalue weighted by Crippen LogP contribution is 2.36. The van der Waals surface area contributed by atoms with Crippen LogP contribution >= 0.6 is 0 Å². The SMILES string of the molecule is CC1(C)OC(=O)C=C(C[C@@H](O)CCO[Si](C)(C)C(C)(C)C)O1. The number of carbonyl (C=O) groups is 1. The molecule has 1 heterocycles. The Bertz CT molecular complexity index is 434. The van der Waals surface area contributed by atoms with Crippen LogP contribution in [-0.2, 0) is 18.7 Å². The summed E-state index contributed by atoms with van der Waals surface area (Å²) in [5.74, 6) is -0.949. The molecule has 0 bridgehead atoms. The summed E-state index contributed by atoms with van der Waals surface area (Å²) in [5.41, 5.74) is 0. The summed E-state index contributed by atoms with van der Waals surface area (Å²) >= 11 is 0. The van der Waals surface area contributed by atoms with Gasteiger partial charge in [0.25, 0.3) is 0 Å². The number of hydrogen-bond donors (Lipinski definition) is 1. The number of rotatable bonds is 6. The van der Waals surface area contributed by atoms with Crippen molar-refractivity contribution < 1.29 is 23.8 Å². The van der Waals surface area contributed by atoms with Crippen LogP contribution < -0.4 is 0 Å². The van der Waals surface area contributed by atoms with Gasteiger partial charge in [-0.25, -0.2) is 4.79 Å². The van der Waals surface area contributed by atoms with Crippen molar-refractivity contribution in [3.05, 3.63) is 11.8 Å². The van der Waals surface area contributed by atoms with Crippen LogP contribution in [0.1, 0.15) is 47.5 Å². The number of hydrogen-bond acceptors (Lipinski definition) is 5. The monoisotopic (exact) mass is 330 g/mol. The number of aliphatic hydroxyl groups excluding tert-OH is 1. The molecule has 0 aromatic carbocycles. The summed E-state index contributed by atoms with van der Waals surface area (Å²) in [6, 6.07) is 0. The summed E-state index contributed by atoms with van der Waals surface area (Å²) in [7, 11) is -1.79. The van der Waals surface area contributed by atoms with Gasteiger partial charge in [0, 0.05) is 26.9 Å². The maximum absolute atomic E-state index is 11.4. The van der Waals surface area contributed by atoms with E-state index in [-0.39, 0.29) is 5.04 Å². The van der Waals surface area contributed by atoms with Crippen LogP contribution in [0, 0.1) is 0 Å². The second-order valence-corrected chi connectivity index (χ2v) is 12.6. The number of carbonyl (C=O) groups excluding carboxylic acids is 1. The van der Waals surface area contributed by atoms with E-state index in [4.69, 9.17) is 13.9 Å². The van der Waals surface area contributed by atoms with Gasteiger partial charge in [-0.2, -0.15) is 0 Å². The molecule has 0 unspecified atom stereocenters. The molecule has 1 atom stereocenters. The van der Waals surface area contributed by atoms with Crippen LogP contribution in [0.25, 0.3) is 0 Å². The van der Waals surface area contributed by atoms with Crippen molar-refractivity contribution in [1.82, 2.24) is 0 Å². The second kappa shape index (κ2) is 6.72. The molecule has 0 aliphatic carbocycles. The van der Waals surface area contributed by atoms with Crippen molar-refractivity contribution >= 4 is 14.3 Å². The predicted molar refractivity (Wildman–Crippen MR) is 87.7 cm³/mol. The zero-order chi connectivity index (χ0) is 17.2. The molecule has 0 aromatic rings. The molecule has 1 rings (SSSR count).